The number of hydrogen-bond donors (Lipinski definition) is 1. The van der Waals surface area contributed by atoms with E-state index in [2.05, 4.69) is 70.0 Å². The predicted octanol–water partition coefficient (Wildman–Crippen LogP) is 8.61. The molecule has 0 amide bonds. The summed E-state index contributed by atoms with van der Waals surface area (Å²) < 4.78 is 0. The number of nitrogens with zero attached hydrogens (tertiary/aromatic N) is 2. The molecule has 1 saturated carbocycles. The number of aryl methyl sites for hydroxylation is 1. The summed E-state index contributed by atoms with van der Waals surface area (Å²) in [6.45, 7) is 20.5. The third-order valence-corrected chi connectivity index (χ3v) is 6.54. The second-order valence-electron chi connectivity index (χ2n) is 9.11. The average molecular weight is 500 g/mol. The van der Waals surface area contributed by atoms with Gasteiger partial charge in [0.25, 0.3) is 0 Å². The summed E-state index contributed by atoms with van der Waals surface area (Å²) in [7, 11) is 0. The highest BCUT2D eigenvalue weighted by Crippen LogP contribution is 2.41. The summed E-state index contributed by atoms with van der Waals surface area (Å²) >= 11 is 5.78. The monoisotopic (exact) mass is 499 g/mol. The molecule has 1 heterocycles. The summed E-state index contributed by atoms with van der Waals surface area (Å²) in [6, 6.07) is 8.56. The molecule has 0 bridgehead atoms. The van der Waals surface area contributed by atoms with E-state index in [-0.39, 0.29) is 0 Å². The molecule has 1 atom stereocenters. The molecule has 1 unspecified atom stereocenters. The van der Waals surface area contributed by atoms with E-state index < -0.39 is 0 Å². The minimum absolute atomic E-state index is 0.537. The van der Waals surface area contributed by atoms with Crippen molar-refractivity contribution in [2.45, 2.75) is 93.5 Å². The first-order valence-electron chi connectivity index (χ1n) is 13.7. The van der Waals surface area contributed by atoms with Crippen molar-refractivity contribution in [2.75, 3.05) is 19.6 Å². The van der Waals surface area contributed by atoms with Crippen molar-refractivity contribution >= 4 is 17.3 Å². The lowest BCUT2D eigenvalue weighted by molar-refractivity contribution is 0.223. The first kappa shape index (κ1) is 31.2. The molecule has 0 spiro atoms. The fourth-order valence-corrected chi connectivity index (χ4v) is 4.67. The average Bonchev–Trinajstić information content (AvgIpc) is 3.70. The van der Waals surface area contributed by atoms with Gasteiger partial charge < -0.3 is 10.2 Å². The molecule has 4 heteroatoms. The highest BCUT2D eigenvalue weighted by atomic mass is 35.5. The van der Waals surface area contributed by atoms with Crippen molar-refractivity contribution in [3.8, 4) is 0 Å². The van der Waals surface area contributed by atoms with Crippen molar-refractivity contribution in [3.63, 3.8) is 0 Å². The zero-order valence-electron chi connectivity index (χ0n) is 23.6. The van der Waals surface area contributed by atoms with Crippen LogP contribution < -0.4 is 5.32 Å². The van der Waals surface area contributed by atoms with E-state index in [1.807, 2.05) is 38.2 Å². The highest BCUT2D eigenvalue weighted by molar-refractivity contribution is 6.30. The number of piperazine rings is 1. The van der Waals surface area contributed by atoms with Crippen molar-refractivity contribution in [2.24, 2.45) is 10.9 Å². The Morgan fingerprint density at radius 3 is 2.46 bits per heavy atom. The first-order valence-corrected chi connectivity index (χ1v) is 14.1. The smallest absolute Gasteiger partial charge is 0.0464 e. The Morgan fingerprint density at radius 2 is 1.91 bits per heavy atom. The van der Waals surface area contributed by atoms with E-state index in [1.165, 1.54) is 41.7 Å². The van der Waals surface area contributed by atoms with Crippen LogP contribution in [-0.2, 0) is 6.42 Å². The minimum Gasteiger partial charge on any atom is -0.369 e. The maximum atomic E-state index is 5.78. The molecule has 1 aromatic carbocycles. The molecule has 35 heavy (non-hydrogen) atoms. The molecule has 196 valence electrons. The molecular formula is C31H50ClN3. The van der Waals surface area contributed by atoms with Crippen LogP contribution in [0.5, 0.6) is 0 Å². The van der Waals surface area contributed by atoms with Crippen LogP contribution in [0.3, 0.4) is 0 Å². The fraction of sp³-hybridized carbons (Fsp3) is 0.581. The maximum Gasteiger partial charge on any atom is 0.0464 e. The maximum absolute atomic E-state index is 5.78. The Morgan fingerprint density at radius 1 is 1.20 bits per heavy atom. The van der Waals surface area contributed by atoms with Crippen LogP contribution in [0.25, 0.3) is 0 Å². The lowest BCUT2D eigenvalue weighted by Crippen LogP contribution is -2.49. The number of halogens is 1. The standard InChI is InChI=1S/C20H33N3.C9H11Cl.C2H6/c1-6-8-11-22-16(4)20(19(7-2)18-9-10-18)17(5)23-13-12-21-14-15(23)3;1-2-4-8-5-3-6-9(10)7-8;1-2/h7-8,11,15,18,21H,6,9-10,12-14H2,1-5H3;3,5-7H,2,4H2,1H3;1-2H3/b11-8+,19-7-,20-17-,22-16+;;. The topological polar surface area (TPSA) is 27.6 Å². The van der Waals surface area contributed by atoms with Gasteiger partial charge in [-0.15, -0.1) is 0 Å². The molecule has 3 nitrogen and oxygen atoms in total. The van der Waals surface area contributed by atoms with Gasteiger partial charge in [-0.1, -0.05) is 70.0 Å². The molecule has 1 N–H and O–H groups in total. The van der Waals surface area contributed by atoms with Crippen molar-refractivity contribution in [1.29, 1.82) is 0 Å². The summed E-state index contributed by atoms with van der Waals surface area (Å²) in [5.41, 5.74) is 6.75. The molecule has 2 fully saturated rings. The number of aliphatic imine (C=N–C) groups is 1. The van der Waals surface area contributed by atoms with Gasteiger partial charge in [-0.3, -0.25) is 4.99 Å². The van der Waals surface area contributed by atoms with Gasteiger partial charge in [-0.05, 0) is 82.6 Å². The lowest BCUT2D eigenvalue weighted by atomic mass is 9.94. The number of nitrogens with one attached hydrogen (secondary N) is 1. The largest absolute Gasteiger partial charge is 0.369 e. The fourth-order valence-electron chi connectivity index (χ4n) is 4.46. The van der Waals surface area contributed by atoms with Gasteiger partial charge in [0.15, 0.2) is 0 Å². The van der Waals surface area contributed by atoms with Gasteiger partial charge in [-0.25, -0.2) is 0 Å². The molecule has 1 aliphatic heterocycles. The van der Waals surface area contributed by atoms with E-state index >= 15 is 0 Å². The van der Waals surface area contributed by atoms with E-state index in [0.29, 0.717) is 6.04 Å². The number of allylic oxidation sites excluding steroid dienone is 5. The summed E-state index contributed by atoms with van der Waals surface area (Å²) in [5, 5.41) is 4.33. The number of rotatable bonds is 8. The van der Waals surface area contributed by atoms with Crippen LogP contribution in [0.4, 0.5) is 0 Å². The molecule has 1 aliphatic carbocycles. The summed E-state index contributed by atoms with van der Waals surface area (Å²) in [4.78, 5) is 7.29. The molecular weight excluding hydrogens is 450 g/mol. The Hall–Kier alpha value is -1.84. The Labute approximate surface area is 221 Å². The van der Waals surface area contributed by atoms with Gasteiger partial charge in [-0.2, -0.15) is 0 Å². The lowest BCUT2D eigenvalue weighted by Gasteiger charge is -2.38. The van der Waals surface area contributed by atoms with E-state index in [9.17, 15) is 0 Å². The van der Waals surface area contributed by atoms with Crippen molar-refractivity contribution in [1.82, 2.24) is 10.2 Å². The van der Waals surface area contributed by atoms with Gasteiger partial charge in [0.05, 0.1) is 0 Å². The van der Waals surface area contributed by atoms with Crippen LogP contribution in [0.15, 0.2) is 64.5 Å². The van der Waals surface area contributed by atoms with Gasteiger partial charge >= 0.3 is 0 Å². The van der Waals surface area contributed by atoms with Crippen LogP contribution in [0, 0.1) is 5.92 Å². The molecule has 1 aromatic rings. The van der Waals surface area contributed by atoms with Crippen molar-refractivity contribution < 1.29 is 0 Å². The SMILES string of the molecule is CC.CCCc1cccc(Cl)c1.C\C=C(C(/C(C)=N/C=C/CC)=C(/C)N1CCNCC1C)\C1CC1. The van der Waals surface area contributed by atoms with E-state index in [4.69, 9.17) is 16.6 Å². The zero-order chi connectivity index (χ0) is 26.2. The van der Waals surface area contributed by atoms with Gasteiger partial charge in [0, 0.05) is 53.9 Å². The summed E-state index contributed by atoms with van der Waals surface area (Å²) in [6.07, 6.45) is 12.4. The zero-order valence-corrected chi connectivity index (χ0v) is 24.4. The Kier molecular flexibility index (Phi) is 15.7. The third kappa shape index (κ3) is 10.8. The normalized spacial score (nSPS) is 19.5. The minimum atomic E-state index is 0.537. The molecule has 1 saturated heterocycles. The number of hydrogen-bond acceptors (Lipinski definition) is 3. The predicted molar refractivity (Wildman–Crippen MR) is 158 cm³/mol. The second kappa shape index (κ2) is 17.6. The van der Waals surface area contributed by atoms with Gasteiger partial charge in [0.1, 0.15) is 0 Å². The van der Waals surface area contributed by atoms with Gasteiger partial charge in [0.2, 0.25) is 0 Å². The third-order valence-electron chi connectivity index (χ3n) is 6.31. The van der Waals surface area contributed by atoms with Crippen LogP contribution in [0.1, 0.15) is 86.6 Å². The van der Waals surface area contributed by atoms with E-state index in [1.54, 1.807) is 0 Å². The quantitative estimate of drug-likeness (QED) is 0.286. The number of benzene rings is 1. The Bertz CT molecular complexity index is 862. The highest BCUT2D eigenvalue weighted by Gasteiger charge is 2.31. The van der Waals surface area contributed by atoms with Crippen LogP contribution >= 0.6 is 11.6 Å². The first-order chi connectivity index (χ1) is 16.9. The molecule has 2 aliphatic rings. The molecule has 3 rings (SSSR count). The molecule has 0 aromatic heterocycles. The van der Waals surface area contributed by atoms with E-state index in [0.717, 1.165) is 49.1 Å². The molecule has 0 radical (unpaired) electrons. The van der Waals surface area contributed by atoms with Crippen LogP contribution in [-0.4, -0.2) is 36.3 Å². The Balaban J connectivity index is 0.000000425. The van der Waals surface area contributed by atoms with Crippen molar-refractivity contribution in [3.05, 3.63) is 70.0 Å². The van der Waals surface area contributed by atoms with Crippen LogP contribution in [0.2, 0.25) is 5.02 Å². The second-order valence-corrected chi connectivity index (χ2v) is 9.55. The summed E-state index contributed by atoms with van der Waals surface area (Å²) in [5.74, 6) is 0.739.